The number of benzene rings is 2. The van der Waals surface area contributed by atoms with E-state index in [0.29, 0.717) is 17.8 Å². The van der Waals surface area contributed by atoms with Crippen LogP contribution in [0.2, 0.25) is 0 Å². The van der Waals surface area contributed by atoms with Crippen molar-refractivity contribution in [2.75, 3.05) is 5.32 Å². The first-order chi connectivity index (χ1) is 12.6. The van der Waals surface area contributed by atoms with Gasteiger partial charge in [0.1, 0.15) is 11.5 Å². The molecule has 0 bridgehead atoms. The highest BCUT2D eigenvalue weighted by Gasteiger charge is 2.11. The molecule has 6 heteroatoms. The minimum Gasteiger partial charge on any atom is -0.350 e. The van der Waals surface area contributed by atoms with E-state index in [-0.39, 0.29) is 29.9 Å². The molecule has 0 saturated carbocycles. The minimum atomic E-state index is -0.298. The van der Waals surface area contributed by atoms with E-state index in [9.17, 15) is 9.18 Å². The second-order valence-corrected chi connectivity index (χ2v) is 5.83. The molecule has 132 valence electrons. The van der Waals surface area contributed by atoms with Gasteiger partial charge in [0.15, 0.2) is 0 Å². The fourth-order valence-electron chi connectivity index (χ4n) is 2.45. The number of rotatable bonds is 6. The molecular weight excluding hydrogens is 331 g/mol. The van der Waals surface area contributed by atoms with Crippen LogP contribution in [0, 0.1) is 12.7 Å². The second kappa shape index (κ2) is 8.20. The zero-order valence-electron chi connectivity index (χ0n) is 14.4. The molecule has 2 N–H and O–H groups in total. The first-order valence-corrected chi connectivity index (χ1v) is 8.27. The number of nitrogens with one attached hydrogen (secondary N) is 2. The summed E-state index contributed by atoms with van der Waals surface area (Å²) in [5.74, 6) is -0.292. The van der Waals surface area contributed by atoms with Crippen molar-refractivity contribution in [3.8, 4) is 0 Å². The summed E-state index contributed by atoms with van der Waals surface area (Å²) >= 11 is 0. The summed E-state index contributed by atoms with van der Waals surface area (Å²) in [7, 11) is 0. The van der Waals surface area contributed by atoms with Crippen molar-refractivity contribution in [1.82, 2.24) is 15.3 Å². The molecule has 0 aliphatic heterocycles. The van der Waals surface area contributed by atoms with Crippen molar-refractivity contribution in [1.29, 1.82) is 0 Å². The topological polar surface area (TPSA) is 66.9 Å². The molecule has 26 heavy (non-hydrogen) atoms. The highest BCUT2D eigenvalue weighted by Crippen LogP contribution is 2.10. The SMILES string of the molecule is Cc1cc(C(=O)NCc2ccccc2)nc(NCc2ccccc2F)n1. The third-order valence-electron chi connectivity index (χ3n) is 3.78. The molecule has 0 fully saturated rings. The maximum atomic E-state index is 13.7. The first kappa shape index (κ1) is 17.5. The maximum Gasteiger partial charge on any atom is 0.270 e. The molecule has 0 aliphatic rings. The quantitative estimate of drug-likeness (QED) is 0.714. The molecule has 2 aromatic carbocycles. The number of anilines is 1. The normalized spacial score (nSPS) is 10.4. The number of hydrogen-bond acceptors (Lipinski definition) is 4. The number of carbonyl (C=O) groups excluding carboxylic acids is 1. The molecule has 1 aromatic heterocycles. The van der Waals surface area contributed by atoms with Crippen LogP contribution in [-0.2, 0) is 13.1 Å². The molecule has 0 saturated heterocycles. The maximum absolute atomic E-state index is 13.7. The van der Waals surface area contributed by atoms with Crippen LogP contribution in [-0.4, -0.2) is 15.9 Å². The zero-order valence-corrected chi connectivity index (χ0v) is 14.4. The second-order valence-electron chi connectivity index (χ2n) is 5.83. The van der Waals surface area contributed by atoms with Crippen molar-refractivity contribution in [3.05, 3.63) is 89.0 Å². The molecule has 3 aromatic rings. The van der Waals surface area contributed by atoms with Crippen LogP contribution in [0.1, 0.15) is 27.3 Å². The Morgan fingerprint density at radius 2 is 1.73 bits per heavy atom. The Labute approximate surface area is 151 Å². The first-order valence-electron chi connectivity index (χ1n) is 8.27. The number of hydrogen-bond donors (Lipinski definition) is 2. The predicted molar refractivity (Wildman–Crippen MR) is 98.1 cm³/mol. The minimum absolute atomic E-state index is 0.237. The van der Waals surface area contributed by atoms with Gasteiger partial charge in [-0.15, -0.1) is 0 Å². The summed E-state index contributed by atoms with van der Waals surface area (Å²) in [6.45, 7) is 2.44. The van der Waals surface area contributed by atoms with Gasteiger partial charge in [0.05, 0.1) is 0 Å². The molecule has 0 unspecified atom stereocenters. The largest absolute Gasteiger partial charge is 0.350 e. The molecule has 0 spiro atoms. The van der Waals surface area contributed by atoms with Crippen LogP contribution in [0.4, 0.5) is 10.3 Å². The van der Waals surface area contributed by atoms with E-state index >= 15 is 0 Å². The number of aryl methyl sites for hydroxylation is 1. The van der Waals surface area contributed by atoms with Gasteiger partial charge >= 0.3 is 0 Å². The van der Waals surface area contributed by atoms with Gasteiger partial charge < -0.3 is 10.6 Å². The average molecular weight is 350 g/mol. The van der Waals surface area contributed by atoms with Crippen LogP contribution in [0.15, 0.2) is 60.7 Å². The number of aromatic nitrogens is 2. The Bertz CT molecular complexity index is 899. The highest BCUT2D eigenvalue weighted by atomic mass is 19.1. The lowest BCUT2D eigenvalue weighted by molar-refractivity contribution is 0.0945. The number of halogens is 1. The summed E-state index contributed by atoms with van der Waals surface area (Å²) in [5, 5.41) is 5.81. The van der Waals surface area contributed by atoms with Crippen molar-refractivity contribution in [3.63, 3.8) is 0 Å². The summed E-state index contributed by atoms with van der Waals surface area (Å²) in [6.07, 6.45) is 0. The molecule has 0 atom stereocenters. The summed E-state index contributed by atoms with van der Waals surface area (Å²) in [5.41, 5.74) is 2.43. The molecule has 3 rings (SSSR count). The molecule has 1 amide bonds. The van der Waals surface area contributed by atoms with Crippen LogP contribution < -0.4 is 10.6 Å². The van der Waals surface area contributed by atoms with Gasteiger partial charge in [-0.1, -0.05) is 48.5 Å². The lowest BCUT2D eigenvalue weighted by atomic mass is 10.2. The van der Waals surface area contributed by atoms with Crippen molar-refractivity contribution < 1.29 is 9.18 Å². The number of amides is 1. The van der Waals surface area contributed by atoms with Crippen LogP contribution in [0.3, 0.4) is 0 Å². The fraction of sp³-hybridized carbons (Fsp3) is 0.150. The van der Waals surface area contributed by atoms with Gasteiger partial charge in [-0.25, -0.2) is 14.4 Å². The van der Waals surface area contributed by atoms with Crippen LogP contribution in [0.5, 0.6) is 0 Å². The van der Waals surface area contributed by atoms with Gasteiger partial charge in [0.2, 0.25) is 5.95 Å². The van der Waals surface area contributed by atoms with E-state index in [1.165, 1.54) is 6.07 Å². The molecule has 5 nitrogen and oxygen atoms in total. The molecule has 0 radical (unpaired) electrons. The zero-order chi connectivity index (χ0) is 18.4. The predicted octanol–water partition coefficient (Wildman–Crippen LogP) is 3.47. The summed E-state index contributed by atoms with van der Waals surface area (Å²) in [6, 6.07) is 17.7. The Balaban J connectivity index is 1.67. The van der Waals surface area contributed by atoms with E-state index in [2.05, 4.69) is 20.6 Å². The van der Waals surface area contributed by atoms with E-state index in [0.717, 1.165) is 5.56 Å². The van der Waals surface area contributed by atoms with Crippen molar-refractivity contribution in [2.45, 2.75) is 20.0 Å². The van der Waals surface area contributed by atoms with Gasteiger partial charge in [-0.2, -0.15) is 0 Å². The lowest BCUT2D eigenvalue weighted by Gasteiger charge is -2.09. The third kappa shape index (κ3) is 4.63. The van der Waals surface area contributed by atoms with Gasteiger partial charge in [0, 0.05) is 24.3 Å². The average Bonchev–Trinajstić information content (AvgIpc) is 2.66. The number of nitrogens with zero attached hydrogens (tertiary/aromatic N) is 2. The fourth-order valence-corrected chi connectivity index (χ4v) is 2.45. The Kier molecular flexibility index (Phi) is 5.53. The Morgan fingerprint density at radius 3 is 2.50 bits per heavy atom. The van der Waals surface area contributed by atoms with Gasteiger partial charge in [-0.3, -0.25) is 4.79 Å². The standard InChI is InChI=1S/C20H19FN4O/c1-14-11-18(19(26)22-12-15-7-3-2-4-8-15)25-20(24-14)23-13-16-9-5-6-10-17(16)21/h2-11H,12-13H2,1H3,(H,22,26)(H,23,24,25). The number of carbonyl (C=O) groups is 1. The monoisotopic (exact) mass is 350 g/mol. The van der Waals surface area contributed by atoms with Crippen LogP contribution in [0.25, 0.3) is 0 Å². The van der Waals surface area contributed by atoms with Crippen molar-refractivity contribution in [2.24, 2.45) is 0 Å². The summed E-state index contributed by atoms with van der Waals surface area (Å²) in [4.78, 5) is 20.9. The van der Waals surface area contributed by atoms with E-state index < -0.39 is 0 Å². The van der Waals surface area contributed by atoms with Gasteiger partial charge in [0.25, 0.3) is 5.91 Å². The Morgan fingerprint density at radius 1 is 1.00 bits per heavy atom. The van der Waals surface area contributed by atoms with Crippen molar-refractivity contribution >= 4 is 11.9 Å². The highest BCUT2D eigenvalue weighted by molar-refractivity contribution is 5.92. The molecule has 0 aliphatic carbocycles. The summed E-state index contributed by atoms with van der Waals surface area (Å²) < 4.78 is 13.7. The molecule has 1 heterocycles. The molecular formula is C20H19FN4O. The van der Waals surface area contributed by atoms with E-state index in [1.54, 1.807) is 31.2 Å². The third-order valence-corrected chi connectivity index (χ3v) is 3.78. The van der Waals surface area contributed by atoms with E-state index in [4.69, 9.17) is 0 Å². The lowest BCUT2D eigenvalue weighted by Crippen LogP contribution is -2.24. The smallest absolute Gasteiger partial charge is 0.270 e. The van der Waals surface area contributed by atoms with E-state index in [1.807, 2.05) is 30.3 Å². The van der Waals surface area contributed by atoms with Crippen LogP contribution >= 0.6 is 0 Å². The Hall–Kier alpha value is -3.28. The van der Waals surface area contributed by atoms with Gasteiger partial charge in [-0.05, 0) is 24.6 Å².